The third kappa shape index (κ3) is 6.23. The molecule has 1 amide bonds. The number of amides is 1. The standard InChI is InChI=1S/C30H32FN5O4/c1-40-25-10-3-21(4-11-25)20-36-29(38)26-12-5-22(19-27(26)33-30(36)39)28(37)32-13-2-14-34-15-17-35(18-16-34)24-8-6-23(31)7-9-24/h3-12,19H,2,13-18,20H2,1H3,(H,32,37)(H,33,39). The van der Waals surface area contributed by atoms with E-state index in [1.807, 2.05) is 0 Å². The molecule has 0 radical (unpaired) electrons. The van der Waals surface area contributed by atoms with Crippen molar-refractivity contribution < 1.29 is 13.9 Å². The highest BCUT2D eigenvalue weighted by Crippen LogP contribution is 2.17. The summed E-state index contributed by atoms with van der Waals surface area (Å²) in [6, 6.07) is 18.5. The van der Waals surface area contributed by atoms with E-state index in [1.165, 1.54) is 12.1 Å². The van der Waals surface area contributed by atoms with E-state index in [0.717, 1.165) is 55.0 Å². The molecule has 0 unspecified atom stereocenters. The van der Waals surface area contributed by atoms with Crippen LogP contribution >= 0.6 is 0 Å². The van der Waals surface area contributed by atoms with Gasteiger partial charge in [0.15, 0.2) is 0 Å². The summed E-state index contributed by atoms with van der Waals surface area (Å²) in [6.07, 6.45) is 0.794. The Balaban J connectivity index is 1.13. The van der Waals surface area contributed by atoms with Crippen LogP contribution < -0.4 is 26.2 Å². The molecule has 0 saturated carbocycles. The number of hydrogen-bond donors (Lipinski definition) is 2. The molecule has 1 fully saturated rings. The molecule has 1 aromatic heterocycles. The number of carbonyl (C=O) groups is 1. The van der Waals surface area contributed by atoms with E-state index in [2.05, 4.69) is 20.1 Å². The fraction of sp³-hybridized carbons (Fsp3) is 0.300. The third-order valence-electron chi connectivity index (χ3n) is 7.24. The van der Waals surface area contributed by atoms with E-state index in [9.17, 15) is 18.8 Å². The Hall–Kier alpha value is -4.44. The second-order valence-electron chi connectivity index (χ2n) is 9.84. The van der Waals surface area contributed by atoms with Gasteiger partial charge in [-0.15, -0.1) is 0 Å². The number of anilines is 1. The molecule has 0 bridgehead atoms. The lowest BCUT2D eigenvalue weighted by atomic mass is 10.1. The fourth-order valence-electron chi connectivity index (χ4n) is 4.94. The smallest absolute Gasteiger partial charge is 0.329 e. The van der Waals surface area contributed by atoms with Gasteiger partial charge in [0, 0.05) is 44.0 Å². The summed E-state index contributed by atoms with van der Waals surface area (Å²) >= 11 is 0. The number of fused-ring (bicyclic) bond motifs is 1. The average Bonchev–Trinajstić information content (AvgIpc) is 2.98. The second kappa shape index (κ2) is 12.2. The molecule has 40 heavy (non-hydrogen) atoms. The first-order valence-corrected chi connectivity index (χ1v) is 13.3. The van der Waals surface area contributed by atoms with Crippen LogP contribution in [0.3, 0.4) is 0 Å². The van der Waals surface area contributed by atoms with Gasteiger partial charge in [-0.25, -0.2) is 9.18 Å². The van der Waals surface area contributed by atoms with Crippen molar-refractivity contribution in [1.29, 1.82) is 0 Å². The van der Waals surface area contributed by atoms with Gasteiger partial charge < -0.3 is 19.9 Å². The molecule has 208 valence electrons. The third-order valence-corrected chi connectivity index (χ3v) is 7.24. The van der Waals surface area contributed by atoms with Gasteiger partial charge >= 0.3 is 5.69 Å². The Bertz CT molecular complexity index is 1590. The highest BCUT2D eigenvalue weighted by Gasteiger charge is 2.17. The predicted molar refractivity (Wildman–Crippen MR) is 153 cm³/mol. The Kier molecular flexibility index (Phi) is 8.26. The number of nitrogens with one attached hydrogen (secondary N) is 2. The van der Waals surface area contributed by atoms with E-state index in [1.54, 1.807) is 61.7 Å². The summed E-state index contributed by atoms with van der Waals surface area (Å²) in [5, 5.41) is 3.27. The summed E-state index contributed by atoms with van der Waals surface area (Å²) in [7, 11) is 1.57. The molecular weight excluding hydrogens is 513 g/mol. The van der Waals surface area contributed by atoms with E-state index in [4.69, 9.17) is 4.74 Å². The van der Waals surface area contributed by atoms with Gasteiger partial charge in [-0.1, -0.05) is 12.1 Å². The number of nitrogens with zero attached hydrogens (tertiary/aromatic N) is 3. The largest absolute Gasteiger partial charge is 0.497 e. The molecule has 10 heteroatoms. The van der Waals surface area contributed by atoms with Crippen LogP contribution in [0.1, 0.15) is 22.3 Å². The summed E-state index contributed by atoms with van der Waals surface area (Å²) < 4.78 is 19.5. The quantitative estimate of drug-likeness (QED) is 0.314. The van der Waals surface area contributed by atoms with Crippen LogP contribution in [0.5, 0.6) is 5.75 Å². The van der Waals surface area contributed by atoms with Gasteiger partial charge in [0.25, 0.3) is 11.5 Å². The van der Waals surface area contributed by atoms with Gasteiger partial charge in [-0.05, 0) is 73.1 Å². The Morgan fingerprint density at radius 2 is 1.70 bits per heavy atom. The number of benzene rings is 3. The summed E-state index contributed by atoms with van der Waals surface area (Å²) in [6.45, 7) is 5.03. The SMILES string of the molecule is COc1ccc(Cn2c(=O)[nH]c3cc(C(=O)NCCCN4CCN(c5ccc(F)cc5)CC4)ccc3c2=O)cc1. The first kappa shape index (κ1) is 27.1. The molecule has 3 aromatic carbocycles. The minimum Gasteiger partial charge on any atom is -0.497 e. The number of aromatic nitrogens is 2. The van der Waals surface area contributed by atoms with Crippen LogP contribution in [0.2, 0.25) is 0 Å². The number of H-pyrrole nitrogens is 1. The monoisotopic (exact) mass is 545 g/mol. The lowest BCUT2D eigenvalue weighted by Crippen LogP contribution is -2.47. The van der Waals surface area contributed by atoms with Gasteiger partial charge in [-0.3, -0.25) is 19.1 Å². The lowest BCUT2D eigenvalue weighted by Gasteiger charge is -2.36. The number of ether oxygens (including phenoxy) is 1. The molecular formula is C30H32FN5O4. The maximum atomic E-state index is 13.2. The number of hydrogen-bond acceptors (Lipinski definition) is 6. The van der Waals surface area contributed by atoms with Crippen LogP contribution in [0.15, 0.2) is 76.3 Å². The van der Waals surface area contributed by atoms with Crippen molar-refractivity contribution in [3.63, 3.8) is 0 Å². The highest BCUT2D eigenvalue weighted by molar-refractivity contribution is 5.97. The normalized spacial score (nSPS) is 13.9. The molecule has 2 heterocycles. The van der Waals surface area contributed by atoms with Crippen molar-refractivity contribution >= 4 is 22.5 Å². The molecule has 0 aliphatic carbocycles. The number of carbonyl (C=O) groups excluding carboxylic acids is 1. The molecule has 9 nitrogen and oxygen atoms in total. The minimum absolute atomic E-state index is 0.123. The molecule has 1 aliphatic rings. The van der Waals surface area contributed by atoms with Crippen molar-refractivity contribution in [3.8, 4) is 5.75 Å². The lowest BCUT2D eigenvalue weighted by molar-refractivity contribution is 0.0951. The zero-order valence-electron chi connectivity index (χ0n) is 22.4. The van der Waals surface area contributed by atoms with Crippen LogP contribution in [0, 0.1) is 5.82 Å². The van der Waals surface area contributed by atoms with E-state index < -0.39 is 11.2 Å². The molecule has 5 rings (SSSR count). The zero-order valence-corrected chi connectivity index (χ0v) is 22.4. The number of methoxy groups -OCH3 is 1. The van der Waals surface area contributed by atoms with Crippen LogP contribution in [0.4, 0.5) is 10.1 Å². The Labute approximate surface area is 230 Å². The predicted octanol–water partition coefficient (Wildman–Crippen LogP) is 2.83. The molecule has 0 atom stereocenters. The first-order valence-electron chi connectivity index (χ1n) is 13.3. The summed E-state index contributed by atoms with van der Waals surface area (Å²) in [5.41, 5.74) is 1.57. The Morgan fingerprint density at radius 3 is 2.40 bits per heavy atom. The second-order valence-corrected chi connectivity index (χ2v) is 9.84. The van der Waals surface area contributed by atoms with Crippen LogP contribution in [-0.2, 0) is 6.54 Å². The van der Waals surface area contributed by atoms with Crippen LogP contribution in [-0.4, -0.2) is 66.7 Å². The molecule has 1 saturated heterocycles. The average molecular weight is 546 g/mol. The molecule has 2 N–H and O–H groups in total. The van der Waals surface area contributed by atoms with Gasteiger partial charge in [0.05, 0.1) is 24.6 Å². The van der Waals surface area contributed by atoms with Gasteiger partial charge in [0.1, 0.15) is 11.6 Å². The molecule has 0 spiro atoms. The van der Waals surface area contributed by atoms with E-state index in [-0.39, 0.29) is 18.3 Å². The fourth-order valence-corrected chi connectivity index (χ4v) is 4.94. The van der Waals surface area contributed by atoms with Gasteiger partial charge in [0.2, 0.25) is 0 Å². The van der Waals surface area contributed by atoms with Gasteiger partial charge in [-0.2, -0.15) is 0 Å². The van der Waals surface area contributed by atoms with Crippen molar-refractivity contribution in [1.82, 2.24) is 19.8 Å². The van der Waals surface area contributed by atoms with Crippen LogP contribution in [0.25, 0.3) is 10.9 Å². The topological polar surface area (TPSA) is 99.7 Å². The number of piperazine rings is 1. The van der Waals surface area contributed by atoms with Crippen molar-refractivity contribution in [2.75, 3.05) is 51.3 Å². The van der Waals surface area contributed by atoms with Crippen molar-refractivity contribution in [2.45, 2.75) is 13.0 Å². The minimum atomic E-state index is -0.537. The number of aromatic amines is 1. The number of halogens is 1. The molecule has 4 aromatic rings. The zero-order chi connectivity index (χ0) is 28.1. The summed E-state index contributed by atoms with van der Waals surface area (Å²) in [5.74, 6) is 0.201. The first-order chi connectivity index (χ1) is 19.4. The number of rotatable bonds is 9. The maximum absolute atomic E-state index is 13.2. The highest BCUT2D eigenvalue weighted by atomic mass is 19.1. The van der Waals surface area contributed by atoms with Crippen molar-refractivity contribution in [3.05, 3.63) is 105 Å². The Morgan fingerprint density at radius 1 is 0.975 bits per heavy atom. The maximum Gasteiger partial charge on any atom is 0.329 e. The summed E-state index contributed by atoms with van der Waals surface area (Å²) in [4.78, 5) is 45.8. The van der Waals surface area contributed by atoms with E-state index >= 15 is 0 Å². The van der Waals surface area contributed by atoms with Crippen molar-refractivity contribution in [2.24, 2.45) is 0 Å². The van der Waals surface area contributed by atoms with E-state index in [0.29, 0.717) is 28.8 Å². The molecule has 1 aliphatic heterocycles.